The Hall–Kier alpha value is -1.75. The summed E-state index contributed by atoms with van der Waals surface area (Å²) in [6.07, 6.45) is 6.60. The van der Waals surface area contributed by atoms with Crippen molar-refractivity contribution in [2.45, 2.75) is 82.8 Å². The molecule has 11 heteroatoms. The second kappa shape index (κ2) is 10.3. The average Bonchev–Trinajstić information content (AvgIpc) is 3.05. The fraction of sp³-hybridized carbons (Fsp3) is 0.750. The van der Waals surface area contributed by atoms with Crippen molar-refractivity contribution in [2.24, 2.45) is 28.6 Å². The number of rotatable bonds is 8. The van der Waals surface area contributed by atoms with Crippen LogP contribution in [0.25, 0.3) is 0 Å². The molecule has 4 rings (SSSR count). The molecule has 0 aromatic heterocycles. The van der Waals surface area contributed by atoms with Gasteiger partial charge in [0.1, 0.15) is 6.61 Å². The number of aliphatic hydroxyl groups is 1. The molecule has 0 amide bonds. The van der Waals surface area contributed by atoms with Gasteiger partial charge in [-0.1, -0.05) is 45.8 Å². The van der Waals surface area contributed by atoms with Crippen molar-refractivity contribution < 1.29 is 41.6 Å². The number of ether oxygens (including phenoxy) is 2. The van der Waals surface area contributed by atoms with Crippen LogP contribution in [0.1, 0.15) is 66.2 Å². The Labute approximate surface area is 235 Å². The monoisotopic (exact) mass is 586 g/mol. The molecule has 1 N–H and O–H groups in total. The molecule has 218 valence electrons. The van der Waals surface area contributed by atoms with Crippen LogP contribution in [0, 0.1) is 28.6 Å². The van der Waals surface area contributed by atoms with Gasteiger partial charge in [0, 0.05) is 16.7 Å². The Morgan fingerprint density at radius 2 is 1.92 bits per heavy atom. The highest BCUT2D eigenvalue weighted by Crippen LogP contribution is 2.72. The number of alkyl halides is 1. The van der Waals surface area contributed by atoms with E-state index in [1.165, 1.54) is 6.08 Å². The van der Waals surface area contributed by atoms with Crippen molar-refractivity contribution in [2.75, 3.05) is 19.5 Å². The summed E-state index contributed by atoms with van der Waals surface area (Å²) in [7, 11) is -3.96. The molecule has 0 spiro atoms. The lowest BCUT2D eigenvalue weighted by molar-refractivity contribution is -0.184. The summed E-state index contributed by atoms with van der Waals surface area (Å²) in [5.74, 6) is -1.90. The van der Waals surface area contributed by atoms with Crippen LogP contribution in [0.5, 0.6) is 0 Å². The van der Waals surface area contributed by atoms with Gasteiger partial charge in [-0.3, -0.25) is 13.8 Å². The third-order valence-electron chi connectivity index (χ3n) is 9.96. The zero-order chi connectivity index (χ0) is 29.0. The number of hydrogen-bond acceptors (Lipinski definition) is 9. The maximum absolute atomic E-state index is 13.9. The molecule has 0 heterocycles. The summed E-state index contributed by atoms with van der Waals surface area (Å²) in [6.45, 7) is 6.78. The number of carbonyl (C=O) groups excluding carboxylic acids is 3. The van der Waals surface area contributed by atoms with E-state index in [0.29, 0.717) is 25.7 Å². The molecule has 0 saturated heterocycles. The minimum atomic E-state index is -3.96. The molecule has 3 saturated carbocycles. The van der Waals surface area contributed by atoms with Gasteiger partial charge in [0.15, 0.2) is 11.4 Å². The smallest absolute Gasteiger partial charge is 0.434 e. The Morgan fingerprint density at radius 1 is 1.23 bits per heavy atom. The van der Waals surface area contributed by atoms with Crippen LogP contribution in [0.4, 0.5) is 4.79 Å². The molecular weight excluding hydrogens is 548 g/mol. The van der Waals surface area contributed by atoms with Gasteiger partial charge in [0.05, 0.1) is 23.8 Å². The number of ketones is 2. The van der Waals surface area contributed by atoms with Crippen LogP contribution in [-0.4, -0.2) is 67.3 Å². The molecule has 0 aromatic rings. The molecule has 0 aliphatic heterocycles. The normalized spacial score (nSPS) is 41.2. The number of hydrogen-bond donors (Lipinski definition) is 1. The third kappa shape index (κ3) is 4.59. The second-order valence-corrected chi connectivity index (χ2v) is 14.4. The lowest BCUT2D eigenvalue weighted by Crippen LogP contribution is -2.69. The van der Waals surface area contributed by atoms with Crippen LogP contribution in [-0.2, 0) is 33.4 Å². The standard InChI is InChI=1S/C28H39ClO9S/c1-6-7-12-36-24(33)38-28(23(32)16-37-39(5,34)35)17(2)13-21-20-9-8-18-14-19(30)10-11-25(18,3)27(20,29)22(31)15-26(21,28)4/h10-11,14,17,20-22,31H,6-9,12-13,15-16H2,1-5H3/t17-,20+,21+,22?,25+,26+,27+,28+/m1/s1. The zero-order valence-corrected chi connectivity index (χ0v) is 24.8. The van der Waals surface area contributed by atoms with Crippen molar-refractivity contribution in [3.63, 3.8) is 0 Å². The number of fused-ring (bicyclic) bond motifs is 5. The van der Waals surface area contributed by atoms with Crippen LogP contribution in [0.15, 0.2) is 23.8 Å². The van der Waals surface area contributed by atoms with Crippen LogP contribution in [0.3, 0.4) is 0 Å². The van der Waals surface area contributed by atoms with Gasteiger partial charge in [0.2, 0.25) is 5.78 Å². The van der Waals surface area contributed by atoms with Crippen LogP contribution in [0.2, 0.25) is 0 Å². The summed E-state index contributed by atoms with van der Waals surface area (Å²) < 4.78 is 39.7. The van der Waals surface area contributed by atoms with E-state index in [1.807, 2.05) is 20.8 Å². The molecule has 3 fully saturated rings. The van der Waals surface area contributed by atoms with Crippen molar-refractivity contribution in [1.82, 2.24) is 0 Å². The van der Waals surface area contributed by atoms with E-state index < -0.39 is 62.0 Å². The molecule has 4 aliphatic carbocycles. The number of unbranched alkanes of at least 4 members (excludes halogenated alkanes) is 1. The predicted octanol–water partition coefficient (Wildman–Crippen LogP) is 4.11. The Morgan fingerprint density at radius 3 is 2.56 bits per heavy atom. The zero-order valence-electron chi connectivity index (χ0n) is 23.2. The molecule has 0 aromatic carbocycles. The molecule has 8 atom stereocenters. The first-order valence-electron chi connectivity index (χ1n) is 13.6. The Kier molecular flexibility index (Phi) is 7.95. The van der Waals surface area contributed by atoms with Gasteiger partial charge in [-0.25, -0.2) is 4.79 Å². The Balaban J connectivity index is 1.78. The quantitative estimate of drug-likeness (QED) is 0.193. The molecular formula is C28H39ClO9S. The lowest BCUT2D eigenvalue weighted by atomic mass is 9.45. The summed E-state index contributed by atoms with van der Waals surface area (Å²) in [5, 5.41) is 11.8. The van der Waals surface area contributed by atoms with E-state index in [2.05, 4.69) is 0 Å². The lowest BCUT2D eigenvalue weighted by Gasteiger charge is -2.64. The van der Waals surface area contributed by atoms with Gasteiger partial charge in [-0.05, 0) is 56.1 Å². The van der Waals surface area contributed by atoms with Crippen molar-refractivity contribution >= 4 is 39.4 Å². The summed E-state index contributed by atoms with van der Waals surface area (Å²) in [6, 6.07) is 0. The molecule has 9 nitrogen and oxygen atoms in total. The highest BCUT2D eigenvalue weighted by atomic mass is 35.5. The van der Waals surface area contributed by atoms with E-state index >= 15 is 0 Å². The van der Waals surface area contributed by atoms with E-state index in [4.69, 9.17) is 25.3 Å². The average molecular weight is 587 g/mol. The van der Waals surface area contributed by atoms with Crippen molar-refractivity contribution in [3.05, 3.63) is 23.8 Å². The van der Waals surface area contributed by atoms with E-state index in [-0.39, 0.29) is 30.6 Å². The second-order valence-electron chi connectivity index (χ2n) is 12.1. The molecule has 0 bridgehead atoms. The molecule has 4 aliphatic rings. The number of Topliss-reactive ketones (excluding diaryl/α,β-unsaturated/α-hetero) is 1. The number of aliphatic hydroxyl groups excluding tert-OH is 1. The van der Waals surface area contributed by atoms with Gasteiger partial charge in [-0.2, -0.15) is 8.42 Å². The highest BCUT2D eigenvalue weighted by molar-refractivity contribution is 7.86. The Bertz CT molecular complexity index is 1210. The van der Waals surface area contributed by atoms with E-state index in [0.717, 1.165) is 18.2 Å². The summed E-state index contributed by atoms with van der Waals surface area (Å²) >= 11 is 7.48. The van der Waals surface area contributed by atoms with E-state index in [9.17, 15) is 27.9 Å². The first-order valence-corrected chi connectivity index (χ1v) is 15.8. The minimum Gasteiger partial charge on any atom is -0.434 e. The topological polar surface area (TPSA) is 133 Å². The molecule has 39 heavy (non-hydrogen) atoms. The summed E-state index contributed by atoms with van der Waals surface area (Å²) in [4.78, 5) is 37.9. The van der Waals surface area contributed by atoms with E-state index in [1.54, 1.807) is 19.1 Å². The number of allylic oxidation sites excluding steroid dienone is 4. The number of halogens is 1. The van der Waals surface area contributed by atoms with Gasteiger partial charge >= 0.3 is 6.16 Å². The molecule has 0 radical (unpaired) electrons. The summed E-state index contributed by atoms with van der Waals surface area (Å²) in [5.41, 5.74) is -2.82. The SMILES string of the molecule is CCCCOC(=O)O[C@]1(C(=O)COS(C)(=O)=O)[C@H](C)C[C@H]2[C@@H]3CCC4=CC(=O)C=C[C@]4(C)[C@@]3(Cl)C(O)C[C@@]21C. The maximum atomic E-state index is 13.9. The maximum Gasteiger partial charge on any atom is 0.509 e. The first-order chi connectivity index (χ1) is 18.1. The van der Waals surface area contributed by atoms with Crippen molar-refractivity contribution in [3.8, 4) is 0 Å². The first kappa shape index (κ1) is 30.2. The fourth-order valence-electron chi connectivity index (χ4n) is 8.13. The highest BCUT2D eigenvalue weighted by Gasteiger charge is 2.76. The van der Waals surface area contributed by atoms with Gasteiger partial charge in [-0.15, -0.1) is 11.6 Å². The minimum absolute atomic E-state index is 0.0134. The van der Waals surface area contributed by atoms with Crippen LogP contribution >= 0.6 is 11.6 Å². The fourth-order valence-corrected chi connectivity index (χ4v) is 8.97. The largest absolute Gasteiger partial charge is 0.509 e. The van der Waals surface area contributed by atoms with Crippen molar-refractivity contribution in [1.29, 1.82) is 0 Å². The van der Waals surface area contributed by atoms with Crippen LogP contribution < -0.4 is 0 Å². The third-order valence-corrected chi connectivity index (χ3v) is 11.4. The number of carbonyl (C=O) groups is 3. The molecule has 1 unspecified atom stereocenters. The van der Waals surface area contributed by atoms with Gasteiger partial charge in [0.25, 0.3) is 10.1 Å². The van der Waals surface area contributed by atoms with Gasteiger partial charge < -0.3 is 14.6 Å². The predicted molar refractivity (Wildman–Crippen MR) is 144 cm³/mol.